The van der Waals surface area contributed by atoms with Gasteiger partial charge in [0.25, 0.3) is 0 Å². The quantitative estimate of drug-likeness (QED) is 0.249. The average Bonchev–Trinajstić information content (AvgIpc) is 2.94. The van der Waals surface area contributed by atoms with Gasteiger partial charge in [-0.05, 0) is 23.0 Å². The minimum Gasteiger partial charge on any atom is -0.294 e. The molecule has 0 unspecified atom stereocenters. The molecule has 0 bridgehead atoms. The van der Waals surface area contributed by atoms with Crippen LogP contribution in [0, 0.1) is 23.7 Å². The summed E-state index contributed by atoms with van der Waals surface area (Å²) in [5, 5.41) is 0. The SMILES string of the molecule is O=C(c1ccccc1)[C@@H]1[C@@H](/C=C/c2ccccc2)[C@H](/C=C/c2ccccc2)[C@H]1C(=O)c1ccccc1. The van der Waals surface area contributed by atoms with Gasteiger partial charge < -0.3 is 0 Å². The molecule has 0 aliphatic heterocycles. The lowest BCUT2D eigenvalue weighted by Gasteiger charge is -2.48. The van der Waals surface area contributed by atoms with Crippen LogP contribution in [0.25, 0.3) is 12.2 Å². The summed E-state index contributed by atoms with van der Waals surface area (Å²) in [7, 11) is 0. The second-order valence-corrected chi connectivity index (χ2v) is 9.21. The summed E-state index contributed by atoms with van der Waals surface area (Å²) >= 11 is 0. The lowest BCUT2D eigenvalue weighted by molar-refractivity contribution is 0.0316. The molecule has 0 heterocycles. The molecule has 0 aromatic heterocycles. The molecular weight excluding hydrogens is 440 g/mol. The summed E-state index contributed by atoms with van der Waals surface area (Å²) in [5.74, 6) is -0.976. The van der Waals surface area contributed by atoms with Gasteiger partial charge in [-0.25, -0.2) is 0 Å². The van der Waals surface area contributed by atoms with E-state index < -0.39 is 11.8 Å². The van der Waals surface area contributed by atoms with Crippen LogP contribution in [0.15, 0.2) is 133 Å². The van der Waals surface area contributed by atoms with E-state index in [4.69, 9.17) is 0 Å². The largest absolute Gasteiger partial charge is 0.294 e. The number of hydrogen-bond acceptors (Lipinski definition) is 2. The molecule has 4 aromatic carbocycles. The van der Waals surface area contributed by atoms with E-state index >= 15 is 0 Å². The van der Waals surface area contributed by atoms with Crippen molar-refractivity contribution in [2.45, 2.75) is 0 Å². The maximum atomic E-state index is 13.8. The molecule has 0 radical (unpaired) electrons. The fraction of sp³-hybridized carbons (Fsp3) is 0.118. The van der Waals surface area contributed by atoms with Gasteiger partial charge in [0, 0.05) is 23.0 Å². The Morgan fingerprint density at radius 2 is 0.750 bits per heavy atom. The van der Waals surface area contributed by atoms with Crippen LogP contribution < -0.4 is 0 Å². The van der Waals surface area contributed by atoms with Crippen molar-refractivity contribution in [3.8, 4) is 0 Å². The Kier molecular flexibility index (Phi) is 7.14. The summed E-state index contributed by atoms with van der Waals surface area (Å²) in [4.78, 5) is 27.6. The van der Waals surface area contributed by atoms with E-state index in [0.717, 1.165) is 11.1 Å². The highest BCUT2D eigenvalue weighted by Gasteiger charge is 2.54. The van der Waals surface area contributed by atoms with Gasteiger partial charge in [-0.1, -0.05) is 146 Å². The first-order valence-electron chi connectivity index (χ1n) is 12.4. The standard InChI is InChI=1S/C34H28O2/c35-33(27-17-9-3-10-18-27)31-29(23-21-25-13-5-1-6-14-25)30(24-22-26-15-7-2-8-16-26)32(31)34(36)28-19-11-4-12-20-28/h1-24,29-32H/b23-21+,24-22+/t29-,30-,31+,32+/m0/s1. The Morgan fingerprint density at radius 3 is 1.08 bits per heavy atom. The van der Waals surface area contributed by atoms with Crippen molar-refractivity contribution in [1.82, 2.24) is 0 Å². The predicted octanol–water partition coefficient (Wildman–Crippen LogP) is 7.66. The van der Waals surface area contributed by atoms with Crippen LogP contribution in [0.1, 0.15) is 31.8 Å². The second-order valence-electron chi connectivity index (χ2n) is 9.21. The number of ketones is 2. The highest BCUT2D eigenvalue weighted by Crippen LogP contribution is 2.51. The summed E-state index contributed by atoms with van der Waals surface area (Å²) < 4.78 is 0. The number of carbonyl (C=O) groups is 2. The molecule has 0 saturated heterocycles. The number of carbonyl (C=O) groups excluding carboxylic acids is 2. The summed E-state index contributed by atoms with van der Waals surface area (Å²) in [6.07, 6.45) is 8.39. The molecule has 176 valence electrons. The topological polar surface area (TPSA) is 34.1 Å². The van der Waals surface area contributed by atoms with Crippen molar-refractivity contribution in [1.29, 1.82) is 0 Å². The lowest BCUT2D eigenvalue weighted by atomic mass is 9.52. The molecule has 1 saturated carbocycles. The van der Waals surface area contributed by atoms with Crippen molar-refractivity contribution in [3.63, 3.8) is 0 Å². The number of allylic oxidation sites excluding steroid dienone is 2. The molecule has 0 spiro atoms. The van der Waals surface area contributed by atoms with Crippen molar-refractivity contribution in [2.75, 3.05) is 0 Å². The molecule has 2 heteroatoms. The van der Waals surface area contributed by atoms with E-state index in [0.29, 0.717) is 11.1 Å². The number of benzene rings is 4. The van der Waals surface area contributed by atoms with E-state index in [2.05, 4.69) is 24.3 Å². The third-order valence-corrected chi connectivity index (χ3v) is 7.00. The molecule has 1 aliphatic carbocycles. The molecule has 4 aromatic rings. The van der Waals surface area contributed by atoms with Gasteiger partial charge >= 0.3 is 0 Å². The molecule has 0 N–H and O–H groups in total. The van der Waals surface area contributed by atoms with Gasteiger partial charge in [-0.3, -0.25) is 9.59 Å². The Bertz CT molecular complexity index is 1250. The molecule has 4 atom stereocenters. The molecule has 36 heavy (non-hydrogen) atoms. The van der Waals surface area contributed by atoms with Gasteiger partial charge in [0.15, 0.2) is 11.6 Å². The van der Waals surface area contributed by atoms with Crippen molar-refractivity contribution >= 4 is 23.7 Å². The summed E-state index contributed by atoms with van der Waals surface area (Å²) in [6, 6.07) is 38.9. The number of rotatable bonds is 8. The lowest BCUT2D eigenvalue weighted by Crippen LogP contribution is -2.52. The van der Waals surface area contributed by atoms with Crippen LogP contribution in [-0.2, 0) is 0 Å². The molecule has 1 fully saturated rings. The van der Waals surface area contributed by atoms with Crippen molar-refractivity contribution in [2.24, 2.45) is 23.7 Å². The van der Waals surface area contributed by atoms with Gasteiger partial charge in [0.05, 0.1) is 0 Å². The Hall–Kier alpha value is -4.30. The van der Waals surface area contributed by atoms with Crippen molar-refractivity contribution < 1.29 is 9.59 Å². The maximum absolute atomic E-state index is 13.8. The van der Waals surface area contributed by atoms with Gasteiger partial charge in [0.2, 0.25) is 0 Å². The van der Waals surface area contributed by atoms with Crippen LogP contribution in [0.5, 0.6) is 0 Å². The Labute approximate surface area is 212 Å². The molecule has 0 amide bonds. The van der Waals surface area contributed by atoms with Crippen LogP contribution in [0.4, 0.5) is 0 Å². The normalized spacial score (nSPS) is 21.3. The van der Waals surface area contributed by atoms with Gasteiger partial charge in [-0.15, -0.1) is 0 Å². The van der Waals surface area contributed by atoms with Crippen LogP contribution in [0.3, 0.4) is 0 Å². The highest BCUT2D eigenvalue weighted by molar-refractivity contribution is 6.07. The third-order valence-electron chi connectivity index (χ3n) is 7.00. The van der Waals surface area contributed by atoms with Crippen molar-refractivity contribution in [3.05, 3.63) is 156 Å². The molecule has 1 aliphatic rings. The number of hydrogen-bond donors (Lipinski definition) is 0. The van der Waals surface area contributed by atoms with Crippen LogP contribution in [0.2, 0.25) is 0 Å². The van der Waals surface area contributed by atoms with Gasteiger partial charge in [-0.2, -0.15) is 0 Å². The van der Waals surface area contributed by atoms with Crippen LogP contribution >= 0.6 is 0 Å². The van der Waals surface area contributed by atoms with E-state index in [9.17, 15) is 9.59 Å². The minimum absolute atomic E-state index is 0.0250. The first-order valence-corrected chi connectivity index (χ1v) is 12.4. The first-order chi connectivity index (χ1) is 17.7. The predicted molar refractivity (Wildman–Crippen MR) is 146 cm³/mol. The fourth-order valence-corrected chi connectivity index (χ4v) is 5.15. The van der Waals surface area contributed by atoms with Crippen LogP contribution in [-0.4, -0.2) is 11.6 Å². The minimum atomic E-state index is -0.425. The summed E-state index contributed by atoms with van der Waals surface area (Å²) in [5.41, 5.74) is 3.45. The Balaban J connectivity index is 1.55. The zero-order valence-corrected chi connectivity index (χ0v) is 20.0. The van der Waals surface area contributed by atoms with E-state index in [-0.39, 0.29) is 23.4 Å². The molecule has 2 nitrogen and oxygen atoms in total. The van der Waals surface area contributed by atoms with E-state index in [1.807, 2.05) is 121 Å². The van der Waals surface area contributed by atoms with Gasteiger partial charge in [0.1, 0.15) is 0 Å². The maximum Gasteiger partial charge on any atom is 0.167 e. The first kappa shape index (κ1) is 23.4. The zero-order valence-electron chi connectivity index (χ0n) is 20.0. The monoisotopic (exact) mass is 468 g/mol. The molecule has 5 rings (SSSR count). The smallest absolute Gasteiger partial charge is 0.167 e. The van der Waals surface area contributed by atoms with E-state index in [1.165, 1.54) is 0 Å². The highest BCUT2D eigenvalue weighted by atomic mass is 16.1. The molecular formula is C34H28O2. The average molecular weight is 469 g/mol. The number of Topliss-reactive ketones (excluding diaryl/α,β-unsaturated/α-hetero) is 2. The second kappa shape index (κ2) is 11.0. The zero-order chi connectivity index (χ0) is 24.7. The van der Waals surface area contributed by atoms with E-state index in [1.54, 1.807) is 0 Å². The summed E-state index contributed by atoms with van der Waals surface area (Å²) in [6.45, 7) is 0. The fourth-order valence-electron chi connectivity index (χ4n) is 5.15. The Morgan fingerprint density at radius 1 is 0.444 bits per heavy atom. The third kappa shape index (κ3) is 5.04.